The zero-order valence-electron chi connectivity index (χ0n) is 10.1. The van der Waals surface area contributed by atoms with E-state index in [1.54, 1.807) is 12.1 Å². The number of benzene rings is 1. The minimum atomic E-state index is -3.53. The maximum Gasteiger partial charge on any atom is 0.243 e. The van der Waals surface area contributed by atoms with Crippen LogP contribution in [0.15, 0.2) is 29.2 Å². The van der Waals surface area contributed by atoms with Crippen LogP contribution in [0.3, 0.4) is 0 Å². The van der Waals surface area contributed by atoms with Crippen molar-refractivity contribution in [1.29, 1.82) is 0 Å². The highest BCUT2D eigenvalue weighted by molar-refractivity contribution is 7.89. The molecule has 2 atom stereocenters. The molecule has 0 bridgehead atoms. The summed E-state index contributed by atoms with van der Waals surface area (Å²) < 4.78 is 26.3. The van der Waals surface area contributed by atoms with Gasteiger partial charge in [0.2, 0.25) is 10.0 Å². The molecule has 1 fully saturated rings. The molecule has 1 aliphatic heterocycles. The van der Waals surface area contributed by atoms with E-state index >= 15 is 0 Å². The third-order valence-corrected chi connectivity index (χ3v) is 5.63. The molecule has 1 saturated heterocycles. The van der Waals surface area contributed by atoms with Gasteiger partial charge in [0.25, 0.3) is 0 Å². The van der Waals surface area contributed by atoms with Crippen molar-refractivity contribution in [3.8, 4) is 0 Å². The molecule has 0 spiro atoms. The summed E-state index contributed by atoms with van der Waals surface area (Å²) in [5.41, 5.74) is 0. The SMILES string of the molecule is CC1CCN(S(=O)(=O)c2ccc(Cl)cc2)C1CO. The normalized spacial score (nSPS) is 25.5. The molecule has 1 aliphatic rings. The van der Waals surface area contributed by atoms with E-state index in [2.05, 4.69) is 0 Å². The number of sulfonamides is 1. The molecule has 2 unspecified atom stereocenters. The van der Waals surface area contributed by atoms with Crippen molar-refractivity contribution in [2.45, 2.75) is 24.3 Å². The Morgan fingerprint density at radius 3 is 2.56 bits per heavy atom. The molecule has 0 aromatic heterocycles. The van der Waals surface area contributed by atoms with Crippen molar-refractivity contribution in [2.24, 2.45) is 5.92 Å². The first kappa shape index (κ1) is 13.8. The highest BCUT2D eigenvalue weighted by atomic mass is 35.5. The second-order valence-corrected chi connectivity index (χ2v) is 6.91. The zero-order chi connectivity index (χ0) is 13.3. The molecule has 0 aliphatic carbocycles. The predicted molar refractivity (Wildman–Crippen MR) is 70.0 cm³/mol. The Morgan fingerprint density at radius 1 is 1.39 bits per heavy atom. The quantitative estimate of drug-likeness (QED) is 0.922. The van der Waals surface area contributed by atoms with Gasteiger partial charge in [-0.05, 0) is 36.6 Å². The lowest BCUT2D eigenvalue weighted by Crippen LogP contribution is -2.39. The molecule has 0 saturated carbocycles. The summed E-state index contributed by atoms with van der Waals surface area (Å²) in [6.45, 7) is 2.27. The van der Waals surface area contributed by atoms with E-state index < -0.39 is 10.0 Å². The second-order valence-electron chi connectivity index (χ2n) is 4.59. The van der Waals surface area contributed by atoms with Crippen LogP contribution in [0, 0.1) is 5.92 Å². The molecule has 2 rings (SSSR count). The van der Waals surface area contributed by atoms with Gasteiger partial charge in [0, 0.05) is 11.6 Å². The van der Waals surface area contributed by atoms with Gasteiger partial charge >= 0.3 is 0 Å². The Kier molecular flexibility index (Phi) is 3.96. The Hall–Kier alpha value is -0.620. The smallest absolute Gasteiger partial charge is 0.243 e. The highest BCUT2D eigenvalue weighted by Crippen LogP contribution is 2.30. The van der Waals surface area contributed by atoms with Crippen LogP contribution >= 0.6 is 11.6 Å². The van der Waals surface area contributed by atoms with Crippen LogP contribution in [-0.2, 0) is 10.0 Å². The molecule has 4 nitrogen and oxygen atoms in total. The fraction of sp³-hybridized carbons (Fsp3) is 0.500. The van der Waals surface area contributed by atoms with Gasteiger partial charge < -0.3 is 5.11 Å². The maximum atomic E-state index is 12.4. The van der Waals surface area contributed by atoms with Gasteiger partial charge in [-0.15, -0.1) is 0 Å². The molecule has 0 radical (unpaired) electrons. The van der Waals surface area contributed by atoms with Crippen LogP contribution < -0.4 is 0 Å². The van der Waals surface area contributed by atoms with Crippen molar-refractivity contribution < 1.29 is 13.5 Å². The van der Waals surface area contributed by atoms with E-state index in [1.807, 2.05) is 6.92 Å². The van der Waals surface area contributed by atoms with Gasteiger partial charge in [0.1, 0.15) is 0 Å². The summed E-state index contributed by atoms with van der Waals surface area (Å²) in [5, 5.41) is 9.84. The predicted octanol–water partition coefficient (Wildman–Crippen LogP) is 1.73. The number of aliphatic hydroxyl groups is 1. The van der Waals surface area contributed by atoms with E-state index in [9.17, 15) is 13.5 Å². The molecule has 1 aromatic rings. The minimum Gasteiger partial charge on any atom is -0.395 e. The van der Waals surface area contributed by atoms with Gasteiger partial charge in [-0.1, -0.05) is 18.5 Å². The molecule has 0 amide bonds. The fourth-order valence-corrected chi connectivity index (χ4v) is 4.14. The second kappa shape index (κ2) is 5.17. The first-order valence-electron chi connectivity index (χ1n) is 5.85. The molecular weight excluding hydrogens is 274 g/mol. The third kappa shape index (κ3) is 2.40. The average molecular weight is 290 g/mol. The van der Waals surface area contributed by atoms with Crippen molar-refractivity contribution in [3.05, 3.63) is 29.3 Å². The van der Waals surface area contributed by atoms with Crippen molar-refractivity contribution in [1.82, 2.24) is 4.31 Å². The van der Waals surface area contributed by atoms with Crippen LogP contribution in [0.5, 0.6) is 0 Å². The first-order valence-corrected chi connectivity index (χ1v) is 7.67. The molecule has 1 N–H and O–H groups in total. The van der Waals surface area contributed by atoms with Crippen molar-refractivity contribution in [2.75, 3.05) is 13.2 Å². The van der Waals surface area contributed by atoms with E-state index in [0.717, 1.165) is 6.42 Å². The van der Waals surface area contributed by atoms with Gasteiger partial charge in [-0.3, -0.25) is 0 Å². The average Bonchev–Trinajstić information content (AvgIpc) is 2.71. The monoisotopic (exact) mass is 289 g/mol. The lowest BCUT2D eigenvalue weighted by molar-refractivity contribution is 0.191. The van der Waals surface area contributed by atoms with Crippen LogP contribution in [0.4, 0.5) is 0 Å². The lowest BCUT2D eigenvalue weighted by atomic mass is 10.0. The Bertz CT molecular complexity index is 515. The van der Waals surface area contributed by atoms with Crippen molar-refractivity contribution in [3.63, 3.8) is 0 Å². The number of halogens is 1. The zero-order valence-corrected chi connectivity index (χ0v) is 11.7. The highest BCUT2D eigenvalue weighted by Gasteiger charge is 2.38. The van der Waals surface area contributed by atoms with Crippen LogP contribution in [0.1, 0.15) is 13.3 Å². The topological polar surface area (TPSA) is 57.6 Å². The molecule has 6 heteroatoms. The molecule has 1 heterocycles. The Labute approximate surface area is 112 Å². The Balaban J connectivity index is 2.34. The molecule has 1 aromatic carbocycles. The van der Waals surface area contributed by atoms with Gasteiger partial charge in [-0.2, -0.15) is 4.31 Å². The number of aliphatic hydroxyl groups excluding tert-OH is 1. The summed E-state index contributed by atoms with van der Waals surface area (Å²) in [4.78, 5) is 0.222. The van der Waals surface area contributed by atoms with Gasteiger partial charge in [0.05, 0.1) is 17.5 Å². The number of hydrogen-bond donors (Lipinski definition) is 1. The van der Waals surface area contributed by atoms with E-state index in [-0.39, 0.29) is 23.5 Å². The van der Waals surface area contributed by atoms with E-state index in [0.29, 0.717) is 11.6 Å². The molecule has 100 valence electrons. The minimum absolute atomic E-state index is 0.145. The van der Waals surface area contributed by atoms with Crippen LogP contribution in [-0.4, -0.2) is 37.0 Å². The Morgan fingerprint density at radius 2 is 2.00 bits per heavy atom. The lowest BCUT2D eigenvalue weighted by Gasteiger charge is -2.24. The number of nitrogens with zero attached hydrogens (tertiary/aromatic N) is 1. The van der Waals surface area contributed by atoms with Crippen LogP contribution in [0.2, 0.25) is 5.02 Å². The standard InChI is InChI=1S/C12H16ClNO3S/c1-9-6-7-14(12(9)8-15)18(16,17)11-4-2-10(13)3-5-11/h2-5,9,12,15H,6-8H2,1H3. The van der Waals surface area contributed by atoms with E-state index in [4.69, 9.17) is 11.6 Å². The first-order chi connectivity index (χ1) is 8.46. The summed E-state index contributed by atoms with van der Waals surface area (Å²) in [6.07, 6.45) is 0.776. The fourth-order valence-electron chi connectivity index (χ4n) is 2.28. The largest absolute Gasteiger partial charge is 0.395 e. The number of hydrogen-bond acceptors (Lipinski definition) is 3. The van der Waals surface area contributed by atoms with Crippen molar-refractivity contribution >= 4 is 21.6 Å². The van der Waals surface area contributed by atoms with E-state index in [1.165, 1.54) is 16.4 Å². The molecular formula is C12H16ClNO3S. The van der Waals surface area contributed by atoms with Gasteiger partial charge in [0.15, 0.2) is 0 Å². The van der Waals surface area contributed by atoms with Crippen LogP contribution in [0.25, 0.3) is 0 Å². The third-order valence-electron chi connectivity index (χ3n) is 3.44. The maximum absolute atomic E-state index is 12.4. The summed E-state index contributed by atoms with van der Waals surface area (Å²) in [6, 6.07) is 5.78. The van der Waals surface area contributed by atoms with Gasteiger partial charge in [-0.25, -0.2) is 8.42 Å². The molecule has 18 heavy (non-hydrogen) atoms. The summed E-state index contributed by atoms with van der Waals surface area (Å²) in [5.74, 6) is 0.178. The number of rotatable bonds is 3. The summed E-state index contributed by atoms with van der Waals surface area (Å²) >= 11 is 5.75. The summed E-state index contributed by atoms with van der Waals surface area (Å²) in [7, 11) is -3.53.